The number of pyridine rings is 1. The highest BCUT2D eigenvalue weighted by Crippen LogP contribution is 2.36. The van der Waals surface area contributed by atoms with Crippen LogP contribution in [0.3, 0.4) is 0 Å². The average molecular weight is 344 g/mol. The molecule has 0 fully saturated rings. The molecule has 1 aromatic heterocycles. The highest BCUT2D eigenvalue weighted by molar-refractivity contribution is 5.96. The number of rotatable bonds is 7. The first kappa shape index (κ1) is 18.6. The van der Waals surface area contributed by atoms with Crippen LogP contribution in [0.5, 0.6) is 11.5 Å². The quantitative estimate of drug-likeness (QED) is 0.712. The molecule has 1 aromatic carbocycles. The van der Waals surface area contributed by atoms with E-state index in [0.717, 1.165) is 11.4 Å². The third kappa shape index (κ3) is 4.21. The molecule has 2 aromatic rings. The van der Waals surface area contributed by atoms with Gasteiger partial charge >= 0.3 is 5.97 Å². The minimum absolute atomic E-state index is 0.0192. The largest absolute Gasteiger partial charge is 0.493 e. The molecule has 2 rings (SSSR count). The molecule has 0 aliphatic heterocycles. The number of anilines is 2. The van der Waals surface area contributed by atoms with Gasteiger partial charge in [0.1, 0.15) is 5.56 Å². The summed E-state index contributed by atoms with van der Waals surface area (Å²) in [6.45, 7) is 6.58. The van der Waals surface area contributed by atoms with Crippen LogP contribution in [-0.2, 0) is 4.74 Å². The Balaban J connectivity index is 2.50. The topological polar surface area (TPSA) is 60.9 Å². The van der Waals surface area contributed by atoms with Gasteiger partial charge in [0.2, 0.25) is 0 Å². The highest BCUT2D eigenvalue weighted by atomic mass is 16.5. The summed E-state index contributed by atoms with van der Waals surface area (Å²) in [5.41, 5.74) is 2.02. The molecule has 6 nitrogen and oxygen atoms in total. The zero-order chi connectivity index (χ0) is 18.4. The van der Waals surface area contributed by atoms with Crippen LogP contribution in [0.25, 0.3) is 0 Å². The van der Waals surface area contributed by atoms with Crippen molar-refractivity contribution in [2.24, 2.45) is 0 Å². The summed E-state index contributed by atoms with van der Waals surface area (Å²) in [7, 11) is 2.97. The van der Waals surface area contributed by atoms with Crippen LogP contribution in [0.15, 0.2) is 36.7 Å². The first-order chi connectivity index (χ1) is 12.0. The van der Waals surface area contributed by atoms with Gasteiger partial charge in [-0.2, -0.15) is 0 Å². The Morgan fingerprint density at radius 3 is 2.56 bits per heavy atom. The maximum Gasteiger partial charge on any atom is 0.341 e. The van der Waals surface area contributed by atoms with Gasteiger partial charge in [0.05, 0.1) is 26.0 Å². The first-order valence-electron chi connectivity index (χ1n) is 8.16. The standard InChI is InChI=1S/C19H24N2O4/c1-6-21(16-9-10-20-12-15(16)19(22)24-5)14-7-8-17(23-4)18(11-14)25-13(2)3/h7-13H,6H2,1-5H3. The number of hydrogen-bond donors (Lipinski definition) is 0. The van der Waals surface area contributed by atoms with E-state index in [1.807, 2.05) is 43.9 Å². The molecule has 134 valence electrons. The number of aromatic nitrogens is 1. The van der Waals surface area contributed by atoms with Crippen LogP contribution >= 0.6 is 0 Å². The summed E-state index contributed by atoms with van der Waals surface area (Å²) in [5, 5.41) is 0. The number of ether oxygens (including phenoxy) is 3. The number of carbonyl (C=O) groups is 1. The van der Waals surface area contributed by atoms with E-state index in [9.17, 15) is 4.79 Å². The van der Waals surface area contributed by atoms with Crippen molar-refractivity contribution in [1.29, 1.82) is 0 Å². The summed E-state index contributed by atoms with van der Waals surface area (Å²) in [6, 6.07) is 7.48. The number of nitrogens with zero attached hydrogens (tertiary/aromatic N) is 2. The van der Waals surface area contributed by atoms with E-state index in [2.05, 4.69) is 4.98 Å². The smallest absolute Gasteiger partial charge is 0.341 e. The van der Waals surface area contributed by atoms with Crippen molar-refractivity contribution in [1.82, 2.24) is 4.98 Å². The summed E-state index contributed by atoms with van der Waals surface area (Å²) in [4.78, 5) is 18.1. The molecule has 0 atom stereocenters. The van der Waals surface area contributed by atoms with Crippen LogP contribution in [0.1, 0.15) is 31.1 Å². The molecule has 0 aliphatic rings. The van der Waals surface area contributed by atoms with Gasteiger partial charge in [-0.05, 0) is 39.0 Å². The molecule has 0 bridgehead atoms. The van der Waals surface area contributed by atoms with Crippen LogP contribution < -0.4 is 14.4 Å². The lowest BCUT2D eigenvalue weighted by molar-refractivity contribution is 0.0601. The Kier molecular flexibility index (Phi) is 6.22. The number of hydrogen-bond acceptors (Lipinski definition) is 6. The lowest BCUT2D eigenvalue weighted by Gasteiger charge is -2.26. The van der Waals surface area contributed by atoms with E-state index in [1.165, 1.54) is 13.3 Å². The van der Waals surface area contributed by atoms with E-state index in [-0.39, 0.29) is 6.10 Å². The lowest BCUT2D eigenvalue weighted by atomic mass is 10.1. The Morgan fingerprint density at radius 1 is 1.20 bits per heavy atom. The number of benzene rings is 1. The molecule has 0 unspecified atom stereocenters. The summed E-state index contributed by atoms with van der Waals surface area (Å²) >= 11 is 0. The number of esters is 1. The molecular formula is C19H24N2O4. The first-order valence-corrected chi connectivity index (χ1v) is 8.16. The SMILES string of the molecule is CCN(c1ccc(OC)c(OC(C)C)c1)c1ccncc1C(=O)OC. The maximum absolute atomic E-state index is 12.1. The van der Waals surface area contributed by atoms with Crippen LogP contribution in [-0.4, -0.2) is 37.8 Å². The van der Waals surface area contributed by atoms with Gasteiger partial charge in [-0.25, -0.2) is 4.79 Å². The molecular weight excluding hydrogens is 320 g/mol. The Morgan fingerprint density at radius 2 is 1.96 bits per heavy atom. The zero-order valence-corrected chi connectivity index (χ0v) is 15.3. The second kappa shape index (κ2) is 8.37. The molecule has 0 spiro atoms. The van der Waals surface area contributed by atoms with Gasteiger partial charge in [0.15, 0.2) is 11.5 Å². The molecule has 25 heavy (non-hydrogen) atoms. The normalized spacial score (nSPS) is 10.5. The third-order valence-corrected chi connectivity index (χ3v) is 3.63. The van der Waals surface area contributed by atoms with Gasteiger partial charge in [0.25, 0.3) is 0 Å². The lowest BCUT2D eigenvalue weighted by Crippen LogP contribution is -2.20. The van der Waals surface area contributed by atoms with Crippen molar-refractivity contribution in [2.45, 2.75) is 26.9 Å². The molecule has 0 N–H and O–H groups in total. The zero-order valence-electron chi connectivity index (χ0n) is 15.3. The summed E-state index contributed by atoms with van der Waals surface area (Å²) in [6.07, 6.45) is 3.18. The molecule has 0 amide bonds. The summed E-state index contributed by atoms with van der Waals surface area (Å²) in [5.74, 6) is 0.896. The molecule has 0 aliphatic carbocycles. The fourth-order valence-electron chi connectivity index (χ4n) is 2.56. The predicted molar refractivity (Wildman–Crippen MR) is 97.0 cm³/mol. The average Bonchev–Trinajstić information content (AvgIpc) is 2.62. The van der Waals surface area contributed by atoms with Crippen molar-refractivity contribution in [3.8, 4) is 11.5 Å². The minimum atomic E-state index is -0.422. The fourth-order valence-corrected chi connectivity index (χ4v) is 2.56. The van der Waals surface area contributed by atoms with Crippen LogP contribution in [0.4, 0.5) is 11.4 Å². The van der Waals surface area contributed by atoms with Crippen molar-refractivity contribution < 1.29 is 19.0 Å². The van der Waals surface area contributed by atoms with E-state index >= 15 is 0 Å². The fraction of sp³-hybridized carbons (Fsp3) is 0.368. The molecule has 1 heterocycles. The molecule has 0 saturated heterocycles. The van der Waals surface area contributed by atoms with Gasteiger partial charge in [-0.1, -0.05) is 0 Å². The Labute approximate surface area is 148 Å². The molecule has 0 saturated carbocycles. The van der Waals surface area contributed by atoms with Gasteiger partial charge in [0, 0.05) is 30.7 Å². The van der Waals surface area contributed by atoms with Crippen LogP contribution in [0, 0.1) is 0 Å². The second-order valence-corrected chi connectivity index (χ2v) is 5.63. The number of carbonyl (C=O) groups excluding carboxylic acids is 1. The Hall–Kier alpha value is -2.76. The van der Waals surface area contributed by atoms with Crippen LogP contribution in [0.2, 0.25) is 0 Å². The van der Waals surface area contributed by atoms with E-state index in [4.69, 9.17) is 14.2 Å². The van der Waals surface area contributed by atoms with Crippen molar-refractivity contribution in [2.75, 3.05) is 25.7 Å². The van der Waals surface area contributed by atoms with Gasteiger partial charge in [-0.3, -0.25) is 4.98 Å². The van der Waals surface area contributed by atoms with Crippen molar-refractivity contribution in [3.05, 3.63) is 42.2 Å². The van der Waals surface area contributed by atoms with Crippen molar-refractivity contribution in [3.63, 3.8) is 0 Å². The molecule has 6 heteroatoms. The van der Waals surface area contributed by atoms with Gasteiger partial charge in [-0.15, -0.1) is 0 Å². The molecule has 0 radical (unpaired) electrons. The number of methoxy groups -OCH3 is 2. The minimum Gasteiger partial charge on any atom is -0.493 e. The third-order valence-electron chi connectivity index (χ3n) is 3.63. The predicted octanol–water partition coefficient (Wildman–Crippen LogP) is 3.82. The maximum atomic E-state index is 12.1. The monoisotopic (exact) mass is 344 g/mol. The highest BCUT2D eigenvalue weighted by Gasteiger charge is 2.19. The van der Waals surface area contributed by atoms with Crippen molar-refractivity contribution >= 4 is 17.3 Å². The summed E-state index contributed by atoms with van der Waals surface area (Å²) < 4.78 is 16.1. The van der Waals surface area contributed by atoms with E-state index in [1.54, 1.807) is 19.4 Å². The van der Waals surface area contributed by atoms with Gasteiger partial charge < -0.3 is 19.1 Å². The van der Waals surface area contributed by atoms with E-state index in [0.29, 0.717) is 23.6 Å². The van der Waals surface area contributed by atoms with E-state index < -0.39 is 5.97 Å². The Bertz CT molecular complexity index is 731. The second-order valence-electron chi connectivity index (χ2n) is 5.63.